The van der Waals surface area contributed by atoms with E-state index < -0.39 is 0 Å². The molecule has 0 saturated heterocycles. The molecule has 4 heteroatoms. The van der Waals surface area contributed by atoms with Crippen LogP contribution in [0.25, 0.3) is 32.7 Å². The summed E-state index contributed by atoms with van der Waals surface area (Å²) in [4.78, 5) is 7.74. The number of pyridine rings is 1. The third-order valence-electron chi connectivity index (χ3n) is 3.36. The van der Waals surface area contributed by atoms with Gasteiger partial charge in [0, 0.05) is 26.7 Å². The minimum atomic E-state index is 0.487. The second-order valence-corrected chi connectivity index (χ2v) is 5.28. The van der Waals surface area contributed by atoms with Crippen LogP contribution in [0.3, 0.4) is 0 Å². The molecule has 92 valence electrons. The second kappa shape index (κ2) is 3.86. The van der Waals surface area contributed by atoms with E-state index in [1.165, 1.54) is 0 Å². The lowest BCUT2D eigenvalue weighted by molar-refractivity contribution is 1.41. The summed E-state index contributed by atoms with van der Waals surface area (Å²) < 4.78 is 0. The van der Waals surface area contributed by atoms with E-state index >= 15 is 0 Å². The third-order valence-corrected chi connectivity index (χ3v) is 3.87. The van der Waals surface area contributed by atoms with Crippen molar-refractivity contribution in [3.05, 3.63) is 52.6 Å². The molecule has 0 fully saturated rings. The zero-order valence-corrected chi connectivity index (χ0v) is 11.3. The molecule has 2 heterocycles. The highest BCUT2D eigenvalue weighted by Gasteiger charge is 2.12. The van der Waals surface area contributed by atoms with Crippen LogP contribution < -0.4 is 0 Å². The summed E-state index contributed by atoms with van der Waals surface area (Å²) in [6.07, 6.45) is 0. The van der Waals surface area contributed by atoms with Crippen LogP contribution in [-0.2, 0) is 0 Å². The van der Waals surface area contributed by atoms with Crippen LogP contribution in [0, 0.1) is 0 Å². The molecule has 4 aromatic rings. The number of H-pyrrole nitrogens is 1. The SMILES string of the molecule is Clc1ccc2nc(Cl)c3[nH]c4ccccc4c3c2c1. The standard InChI is InChI=1S/C15H8Cl2N2/c16-8-5-6-12-10(7-8)13-9-3-1-2-4-11(9)18-14(13)15(17)19-12/h1-7,18H. The van der Waals surface area contributed by atoms with E-state index in [-0.39, 0.29) is 0 Å². The van der Waals surface area contributed by atoms with Gasteiger partial charge in [-0.3, -0.25) is 0 Å². The first kappa shape index (κ1) is 11.1. The van der Waals surface area contributed by atoms with E-state index in [9.17, 15) is 0 Å². The fourth-order valence-electron chi connectivity index (χ4n) is 2.54. The van der Waals surface area contributed by atoms with Gasteiger partial charge in [0.2, 0.25) is 0 Å². The smallest absolute Gasteiger partial charge is 0.153 e. The number of para-hydroxylation sites is 1. The minimum Gasteiger partial charge on any atom is -0.352 e. The zero-order valence-electron chi connectivity index (χ0n) is 9.74. The van der Waals surface area contributed by atoms with E-state index in [1.54, 1.807) is 0 Å². The average molecular weight is 287 g/mol. The molecule has 0 aliphatic heterocycles. The normalized spacial score (nSPS) is 11.7. The quantitative estimate of drug-likeness (QED) is 0.444. The highest BCUT2D eigenvalue weighted by Crippen LogP contribution is 2.35. The Morgan fingerprint density at radius 1 is 0.947 bits per heavy atom. The number of fused-ring (bicyclic) bond motifs is 5. The number of nitrogens with zero attached hydrogens (tertiary/aromatic N) is 1. The molecule has 4 rings (SSSR count). The van der Waals surface area contributed by atoms with Crippen LogP contribution in [-0.4, -0.2) is 9.97 Å². The van der Waals surface area contributed by atoms with Gasteiger partial charge in [0.25, 0.3) is 0 Å². The molecule has 1 N–H and O–H groups in total. The predicted octanol–water partition coefficient (Wildman–Crippen LogP) is 5.18. The number of hydrogen-bond donors (Lipinski definition) is 1. The Bertz CT molecular complexity index is 941. The van der Waals surface area contributed by atoms with Gasteiger partial charge in [-0.05, 0) is 24.3 Å². The van der Waals surface area contributed by atoms with Crippen molar-refractivity contribution < 1.29 is 0 Å². The summed E-state index contributed by atoms with van der Waals surface area (Å²) in [5.74, 6) is 0. The van der Waals surface area contributed by atoms with Crippen LogP contribution >= 0.6 is 23.2 Å². The van der Waals surface area contributed by atoms with Crippen LogP contribution in [0.15, 0.2) is 42.5 Å². The molecule has 0 unspecified atom stereocenters. The van der Waals surface area contributed by atoms with E-state index in [0.717, 1.165) is 32.7 Å². The molecule has 2 nitrogen and oxygen atoms in total. The first-order valence-electron chi connectivity index (χ1n) is 5.89. The number of benzene rings is 2. The molecule has 19 heavy (non-hydrogen) atoms. The Morgan fingerprint density at radius 2 is 1.79 bits per heavy atom. The second-order valence-electron chi connectivity index (χ2n) is 4.48. The van der Waals surface area contributed by atoms with Gasteiger partial charge in [-0.15, -0.1) is 0 Å². The van der Waals surface area contributed by atoms with Gasteiger partial charge < -0.3 is 4.98 Å². The van der Waals surface area contributed by atoms with Gasteiger partial charge in [-0.25, -0.2) is 4.98 Å². The molecule has 0 aliphatic rings. The molecule has 0 aliphatic carbocycles. The van der Waals surface area contributed by atoms with E-state index in [1.807, 2.05) is 36.4 Å². The molecule has 0 radical (unpaired) electrons. The third kappa shape index (κ3) is 1.54. The van der Waals surface area contributed by atoms with Crippen molar-refractivity contribution in [3.63, 3.8) is 0 Å². The molecule has 0 spiro atoms. The summed E-state index contributed by atoms with van der Waals surface area (Å²) in [6, 6.07) is 13.8. The fraction of sp³-hybridized carbons (Fsp3) is 0. The Kier molecular flexibility index (Phi) is 2.25. The highest BCUT2D eigenvalue weighted by molar-refractivity contribution is 6.38. The van der Waals surface area contributed by atoms with Gasteiger partial charge in [-0.1, -0.05) is 41.4 Å². The lowest BCUT2D eigenvalue weighted by Gasteiger charge is -2.02. The number of hydrogen-bond acceptors (Lipinski definition) is 1. The van der Waals surface area contributed by atoms with Crippen molar-refractivity contribution in [1.29, 1.82) is 0 Å². The van der Waals surface area contributed by atoms with Gasteiger partial charge in [0.1, 0.15) is 0 Å². The van der Waals surface area contributed by atoms with E-state index in [2.05, 4.69) is 16.0 Å². The number of aromatic amines is 1. The maximum absolute atomic E-state index is 6.27. The molecule has 0 saturated carbocycles. The monoisotopic (exact) mass is 286 g/mol. The van der Waals surface area contributed by atoms with Crippen molar-refractivity contribution in [3.8, 4) is 0 Å². The Morgan fingerprint density at radius 3 is 2.68 bits per heavy atom. The summed E-state index contributed by atoms with van der Waals surface area (Å²) in [5.41, 5.74) is 2.76. The fourth-order valence-corrected chi connectivity index (χ4v) is 2.95. The van der Waals surface area contributed by atoms with Gasteiger partial charge in [0.15, 0.2) is 5.15 Å². The van der Waals surface area contributed by atoms with Crippen molar-refractivity contribution in [2.45, 2.75) is 0 Å². The lowest BCUT2D eigenvalue weighted by Crippen LogP contribution is -1.83. The van der Waals surface area contributed by atoms with Crippen LogP contribution in [0.1, 0.15) is 0 Å². The van der Waals surface area contributed by atoms with Gasteiger partial charge >= 0.3 is 0 Å². The summed E-state index contributed by atoms with van der Waals surface area (Å²) in [6.45, 7) is 0. The van der Waals surface area contributed by atoms with Crippen LogP contribution in [0.5, 0.6) is 0 Å². The van der Waals surface area contributed by atoms with E-state index in [4.69, 9.17) is 23.2 Å². The summed E-state index contributed by atoms with van der Waals surface area (Å²) in [7, 11) is 0. The summed E-state index contributed by atoms with van der Waals surface area (Å²) in [5, 5.41) is 4.41. The molecule has 0 amide bonds. The maximum Gasteiger partial charge on any atom is 0.153 e. The first-order chi connectivity index (χ1) is 9.24. The zero-order chi connectivity index (χ0) is 13.0. The maximum atomic E-state index is 6.27. The number of rotatable bonds is 0. The molecule has 2 aromatic carbocycles. The minimum absolute atomic E-state index is 0.487. The lowest BCUT2D eigenvalue weighted by atomic mass is 10.1. The molecule has 0 atom stereocenters. The molecular weight excluding hydrogens is 279 g/mol. The summed E-state index contributed by atoms with van der Waals surface area (Å²) >= 11 is 12.4. The highest BCUT2D eigenvalue weighted by atomic mass is 35.5. The van der Waals surface area contributed by atoms with Gasteiger partial charge in [-0.2, -0.15) is 0 Å². The van der Waals surface area contributed by atoms with Crippen molar-refractivity contribution in [2.75, 3.05) is 0 Å². The van der Waals surface area contributed by atoms with Crippen molar-refractivity contribution in [2.24, 2.45) is 0 Å². The molecular formula is C15H8Cl2N2. The Hall–Kier alpha value is -1.77. The molecule has 2 aromatic heterocycles. The van der Waals surface area contributed by atoms with Crippen LogP contribution in [0.2, 0.25) is 10.2 Å². The average Bonchev–Trinajstić information content (AvgIpc) is 2.80. The molecule has 0 bridgehead atoms. The number of halogens is 2. The predicted molar refractivity (Wildman–Crippen MR) is 81.1 cm³/mol. The van der Waals surface area contributed by atoms with Gasteiger partial charge in [0.05, 0.1) is 11.0 Å². The number of aromatic nitrogens is 2. The van der Waals surface area contributed by atoms with Crippen LogP contribution in [0.4, 0.5) is 0 Å². The Balaban J connectivity index is 2.38. The van der Waals surface area contributed by atoms with Crippen molar-refractivity contribution in [1.82, 2.24) is 9.97 Å². The van der Waals surface area contributed by atoms with Crippen molar-refractivity contribution >= 4 is 55.9 Å². The topological polar surface area (TPSA) is 28.7 Å². The first-order valence-corrected chi connectivity index (χ1v) is 6.65. The van der Waals surface area contributed by atoms with E-state index in [0.29, 0.717) is 10.2 Å². The Labute approximate surface area is 119 Å². The number of nitrogens with one attached hydrogen (secondary N) is 1. The largest absolute Gasteiger partial charge is 0.352 e.